The fourth-order valence-corrected chi connectivity index (χ4v) is 2.73. The van der Waals surface area contributed by atoms with Gasteiger partial charge in [-0.15, -0.1) is 0 Å². The van der Waals surface area contributed by atoms with Crippen molar-refractivity contribution < 1.29 is 19.1 Å². The molecule has 0 saturated heterocycles. The van der Waals surface area contributed by atoms with Crippen molar-refractivity contribution in [3.8, 4) is 11.5 Å². The number of nitrogens with zero attached hydrogens (tertiary/aromatic N) is 1. The van der Waals surface area contributed by atoms with Crippen molar-refractivity contribution in [3.63, 3.8) is 0 Å². The van der Waals surface area contributed by atoms with Gasteiger partial charge in [0.25, 0.3) is 0 Å². The summed E-state index contributed by atoms with van der Waals surface area (Å²) in [7, 11) is 1.56. The van der Waals surface area contributed by atoms with E-state index in [2.05, 4.69) is 5.32 Å². The summed E-state index contributed by atoms with van der Waals surface area (Å²) in [5.41, 5.74) is 1.37. The third-order valence-electron chi connectivity index (χ3n) is 3.85. The van der Waals surface area contributed by atoms with Gasteiger partial charge >= 0.3 is 0 Å². The first-order chi connectivity index (χ1) is 13.9. The highest BCUT2D eigenvalue weighted by atomic mass is 35.5. The number of halogens is 1. The van der Waals surface area contributed by atoms with Crippen LogP contribution in [0.5, 0.6) is 11.5 Å². The van der Waals surface area contributed by atoms with Gasteiger partial charge in [0.2, 0.25) is 11.8 Å². The second kappa shape index (κ2) is 11.1. The first kappa shape index (κ1) is 22.3. The lowest BCUT2D eigenvalue weighted by Crippen LogP contribution is -2.33. The van der Waals surface area contributed by atoms with E-state index in [1.54, 1.807) is 49.5 Å². The van der Waals surface area contributed by atoms with Crippen LogP contribution >= 0.6 is 11.6 Å². The standard InChI is InChI=1S/C22H25ClN2O4/c1-4-28-19-11-10-18(14-20(19)29-5-2)24-21(26)15-25(3)22(27)12-9-16-7-6-8-17(23)13-16/h6-14H,4-5,15H2,1-3H3,(H,24,26)/b12-9+. The van der Waals surface area contributed by atoms with Crippen LogP contribution in [0.25, 0.3) is 6.08 Å². The maximum absolute atomic E-state index is 12.3. The van der Waals surface area contributed by atoms with E-state index in [0.29, 0.717) is 35.4 Å². The van der Waals surface area contributed by atoms with Crippen LogP contribution in [0.4, 0.5) is 5.69 Å². The first-order valence-corrected chi connectivity index (χ1v) is 9.69. The summed E-state index contributed by atoms with van der Waals surface area (Å²) in [6, 6.07) is 12.3. The minimum Gasteiger partial charge on any atom is -0.490 e. The molecule has 0 radical (unpaired) electrons. The Labute approximate surface area is 176 Å². The van der Waals surface area contributed by atoms with Gasteiger partial charge in [0.15, 0.2) is 11.5 Å². The Morgan fingerprint density at radius 1 is 1.07 bits per heavy atom. The van der Waals surface area contributed by atoms with E-state index in [-0.39, 0.29) is 18.4 Å². The van der Waals surface area contributed by atoms with Gasteiger partial charge in [-0.05, 0) is 49.8 Å². The Bertz CT molecular complexity index is 883. The highest BCUT2D eigenvalue weighted by Crippen LogP contribution is 2.30. The Morgan fingerprint density at radius 2 is 1.79 bits per heavy atom. The Kier molecular flexibility index (Phi) is 8.55. The summed E-state index contributed by atoms with van der Waals surface area (Å²) >= 11 is 5.93. The predicted molar refractivity (Wildman–Crippen MR) is 116 cm³/mol. The van der Waals surface area contributed by atoms with Crippen LogP contribution in [0, 0.1) is 0 Å². The number of nitrogens with one attached hydrogen (secondary N) is 1. The summed E-state index contributed by atoms with van der Waals surface area (Å²) in [6.07, 6.45) is 3.06. The summed E-state index contributed by atoms with van der Waals surface area (Å²) in [5, 5.41) is 3.36. The molecule has 1 N–H and O–H groups in total. The van der Waals surface area contributed by atoms with Gasteiger partial charge in [-0.2, -0.15) is 0 Å². The fourth-order valence-electron chi connectivity index (χ4n) is 2.53. The summed E-state index contributed by atoms with van der Waals surface area (Å²) < 4.78 is 11.1. The number of hydrogen-bond acceptors (Lipinski definition) is 4. The lowest BCUT2D eigenvalue weighted by Gasteiger charge is -2.16. The molecule has 0 bridgehead atoms. The van der Waals surface area contributed by atoms with Crippen LogP contribution < -0.4 is 14.8 Å². The SMILES string of the molecule is CCOc1ccc(NC(=O)CN(C)C(=O)/C=C/c2cccc(Cl)c2)cc1OCC. The highest BCUT2D eigenvalue weighted by Gasteiger charge is 2.12. The monoisotopic (exact) mass is 416 g/mol. The van der Waals surface area contributed by atoms with E-state index in [9.17, 15) is 9.59 Å². The molecule has 29 heavy (non-hydrogen) atoms. The number of rotatable bonds is 9. The molecular formula is C22H25ClN2O4. The minimum absolute atomic E-state index is 0.0874. The van der Waals surface area contributed by atoms with E-state index in [0.717, 1.165) is 5.56 Å². The molecule has 6 nitrogen and oxygen atoms in total. The minimum atomic E-state index is -0.316. The van der Waals surface area contributed by atoms with E-state index in [4.69, 9.17) is 21.1 Å². The molecule has 154 valence electrons. The number of benzene rings is 2. The molecule has 0 aliphatic heterocycles. The van der Waals surface area contributed by atoms with Crippen LogP contribution in [-0.2, 0) is 9.59 Å². The van der Waals surface area contributed by atoms with Crippen molar-refractivity contribution in [2.45, 2.75) is 13.8 Å². The van der Waals surface area contributed by atoms with Crippen molar-refractivity contribution in [2.24, 2.45) is 0 Å². The van der Waals surface area contributed by atoms with Crippen molar-refractivity contribution in [2.75, 3.05) is 32.1 Å². The second-order valence-corrected chi connectivity index (χ2v) is 6.59. The zero-order chi connectivity index (χ0) is 21.2. The zero-order valence-corrected chi connectivity index (χ0v) is 17.5. The summed E-state index contributed by atoms with van der Waals surface area (Å²) in [6.45, 7) is 4.67. The molecule has 2 aromatic carbocycles. The topological polar surface area (TPSA) is 67.9 Å². The average Bonchev–Trinajstić information content (AvgIpc) is 2.68. The zero-order valence-electron chi connectivity index (χ0n) is 16.8. The average molecular weight is 417 g/mol. The maximum Gasteiger partial charge on any atom is 0.246 e. The van der Waals surface area contributed by atoms with Crippen molar-refractivity contribution >= 4 is 35.2 Å². The van der Waals surface area contributed by atoms with Crippen LogP contribution in [0.3, 0.4) is 0 Å². The molecule has 0 heterocycles. The van der Waals surface area contributed by atoms with Gasteiger partial charge in [-0.25, -0.2) is 0 Å². The smallest absolute Gasteiger partial charge is 0.246 e. The summed E-state index contributed by atoms with van der Waals surface area (Å²) in [5.74, 6) is 0.567. The molecule has 0 aromatic heterocycles. The van der Waals surface area contributed by atoms with Gasteiger partial charge in [-0.3, -0.25) is 9.59 Å². The molecule has 0 saturated carbocycles. The molecule has 2 amide bonds. The van der Waals surface area contributed by atoms with Crippen molar-refractivity contribution in [1.82, 2.24) is 4.90 Å². The molecule has 0 unspecified atom stereocenters. The van der Waals surface area contributed by atoms with Crippen LogP contribution in [-0.4, -0.2) is 43.5 Å². The van der Waals surface area contributed by atoms with Gasteiger partial charge in [-0.1, -0.05) is 23.7 Å². The number of carbonyl (C=O) groups excluding carboxylic acids is 2. The Hall–Kier alpha value is -2.99. The number of hydrogen-bond donors (Lipinski definition) is 1. The number of amides is 2. The van der Waals surface area contributed by atoms with Gasteiger partial charge in [0.1, 0.15) is 0 Å². The predicted octanol–water partition coefficient (Wildman–Crippen LogP) is 4.25. The summed E-state index contributed by atoms with van der Waals surface area (Å²) in [4.78, 5) is 25.9. The molecule has 7 heteroatoms. The van der Waals surface area contributed by atoms with Gasteiger partial charge < -0.3 is 19.7 Å². The molecule has 0 aliphatic rings. The normalized spacial score (nSPS) is 10.6. The Balaban J connectivity index is 1.95. The van der Waals surface area contributed by atoms with E-state index >= 15 is 0 Å². The van der Waals surface area contributed by atoms with Crippen molar-refractivity contribution in [1.29, 1.82) is 0 Å². The Morgan fingerprint density at radius 3 is 2.48 bits per heavy atom. The molecule has 2 rings (SSSR count). The third-order valence-corrected chi connectivity index (χ3v) is 4.09. The lowest BCUT2D eigenvalue weighted by molar-refractivity contribution is -0.129. The van der Waals surface area contributed by atoms with Crippen LogP contribution in [0.2, 0.25) is 5.02 Å². The molecule has 0 atom stereocenters. The van der Waals surface area contributed by atoms with E-state index in [1.807, 2.05) is 19.9 Å². The third kappa shape index (κ3) is 7.16. The number of anilines is 1. The lowest BCUT2D eigenvalue weighted by atomic mass is 10.2. The van der Waals surface area contributed by atoms with Crippen molar-refractivity contribution in [3.05, 3.63) is 59.1 Å². The highest BCUT2D eigenvalue weighted by molar-refractivity contribution is 6.30. The first-order valence-electron chi connectivity index (χ1n) is 9.31. The number of carbonyl (C=O) groups is 2. The molecule has 2 aromatic rings. The van der Waals surface area contributed by atoms with E-state index < -0.39 is 0 Å². The fraction of sp³-hybridized carbons (Fsp3) is 0.273. The van der Waals surface area contributed by atoms with E-state index in [1.165, 1.54) is 11.0 Å². The number of likely N-dealkylation sites (N-methyl/N-ethyl adjacent to an activating group) is 1. The van der Waals surface area contributed by atoms with Gasteiger partial charge in [0.05, 0.1) is 19.8 Å². The molecule has 0 aliphatic carbocycles. The molecule has 0 spiro atoms. The van der Waals surface area contributed by atoms with Crippen LogP contribution in [0.1, 0.15) is 19.4 Å². The number of ether oxygens (including phenoxy) is 2. The molecular weight excluding hydrogens is 392 g/mol. The van der Waals surface area contributed by atoms with Gasteiger partial charge in [0, 0.05) is 29.9 Å². The largest absolute Gasteiger partial charge is 0.490 e. The maximum atomic E-state index is 12.3. The van der Waals surface area contributed by atoms with Crippen LogP contribution in [0.15, 0.2) is 48.5 Å². The molecule has 0 fully saturated rings. The quantitative estimate of drug-likeness (QED) is 0.620. The second-order valence-electron chi connectivity index (χ2n) is 6.16.